The van der Waals surface area contributed by atoms with E-state index >= 15 is 0 Å². The average Bonchev–Trinajstić information content (AvgIpc) is 2.87. The lowest BCUT2D eigenvalue weighted by atomic mass is 10.0. The molecule has 2 aromatic rings. The van der Waals surface area contributed by atoms with E-state index in [2.05, 4.69) is 16.2 Å². The fraction of sp³-hybridized carbons (Fsp3) is 0.333. The zero-order chi connectivity index (χ0) is 11.7. The molecule has 0 amide bonds. The van der Waals surface area contributed by atoms with Crippen molar-refractivity contribution in [1.82, 2.24) is 10.1 Å². The van der Waals surface area contributed by atoms with Gasteiger partial charge in [-0.05, 0) is 24.5 Å². The SMILES string of the molecule is NCc1nc(-c2cccc3c2OCCC3)no1. The predicted molar refractivity (Wildman–Crippen MR) is 61.4 cm³/mol. The maximum absolute atomic E-state index is 5.70. The summed E-state index contributed by atoms with van der Waals surface area (Å²) in [6.45, 7) is 0.995. The first-order chi connectivity index (χ1) is 8.38. The van der Waals surface area contributed by atoms with Crippen LogP contribution in [0, 0.1) is 0 Å². The van der Waals surface area contributed by atoms with Crippen molar-refractivity contribution in [3.05, 3.63) is 29.7 Å². The van der Waals surface area contributed by atoms with Gasteiger partial charge in [-0.1, -0.05) is 17.3 Å². The third kappa shape index (κ3) is 1.78. The van der Waals surface area contributed by atoms with Crippen LogP contribution in [-0.4, -0.2) is 16.7 Å². The smallest absolute Gasteiger partial charge is 0.240 e. The van der Waals surface area contributed by atoms with E-state index < -0.39 is 0 Å². The number of para-hydroxylation sites is 1. The summed E-state index contributed by atoms with van der Waals surface area (Å²) in [5, 5.41) is 3.92. The lowest BCUT2D eigenvalue weighted by Gasteiger charge is -2.18. The van der Waals surface area contributed by atoms with E-state index in [1.165, 1.54) is 5.56 Å². The molecule has 2 N–H and O–H groups in total. The number of nitrogens with zero attached hydrogens (tertiary/aromatic N) is 2. The van der Waals surface area contributed by atoms with Gasteiger partial charge < -0.3 is 15.0 Å². The normalized spacial score (nSPS) is 14.2. The highest BCUT2D eigenvalue weighted by Crippen LogP contribution is 2.34. The van der Waals surface area contributed by atoms with E-state index in [4.69, 9.17) is 15.0 Å². The third-order valence-electron chi connectivity index (χ3n) is 2.82. The summed E-state index contributed by atoms with van der Waals surface area (Å²) in [6, 6.07) is 6.00. The van der Waals surface area contributed by atoms with Gasteiger partial charge in [0.25, 0.3) is 0 Å². The second kappa shape index (κ2) is 4.18. The molecule has 1 aliphatic rings. The van der Waals surface area contributed by atoms with Crippen molar-refractivity contribution < 1.29 is 9.26 Å². The number of aromatic nitrogens is 2. The average molecular weight is 231 g/mol. The van der Waals surface area contributed by atoms with Gasteiger partial charge in [0.05, 0.1) is 18.7 Å². The highest BCUT2D eigenvalue weighted by atomic mass is 16.5. The number of fused-ring (bicyclic) bond motifs is 1. The van der Waals surface area contributed by atoms with Gasteiger partial charge in [-0.2, -0.15) is 4.98 Å². The topological polar surface area (TPSA) is 74.2 Å². The van der Waals surface area contributed by atoms with E-state index in [-0.39, 0.29) is 6.54 Å². The molecule has 5 nitrogen and oxygen atoms in total. The molecule has 3 rings (SSSR count). The Bertz CT molecular complexity index is 536. The Morgan fingerprint density at radius 2 is 2.29 bits per heavy atom. The maximum Gasteiger partial charge on any atom is 0.240 e. The van der Waals surface area contributed by atoms with Gasteiger partial charge in [-0.3, -0.25) is 0 Å². The van der Waals surface area contributed by atoms with Crippen LogP contribution < -0.4 is 10.5 Å². The van der Waals surface area contributed by atoms with Gasteiger partial charge in [-0.15, -0.1) is 0 Å². The minimum atomic E-state index is 0.253. The van der Waals surface area contributed by atoms with E-state index in [1.807, 2.05) is 12.1 Å². The van der Waals surface area contributed by atoms with Gasteiger partial charge in [0.2, 0.25) is 11.7 Å². The number of aryl methyl sites for hydroxylation is 1. The molecule has 0 spiro atoms. The first-order valence-electron chi connectivity index (χ1n) is 5.66. The molecule has 88 valence electrons. The molecule has 0 unspecified atom stereocenters. The largest absolute Gasteiger partial charge is 0.493 e. The third-order valence-corrected chi connectivity index (χ3v) is 2.82. The molecular weight excluding hydrogens is 218 g/mol. The number of hydrogen-bond acceptors (Lipinski definition) is 5. The van der Waals surface area contributed by atoms with E-state index in [1.54, 1.807) is 0 Å². The summed E-state index contributed by atoms with van der Waals surface area (Å²) < 4.78 is 10.7. The van der Waals surface area contributed by atoms with Crippen molar-refractivity contribution in [3.63, 3.8) is 0 Å². The zero-order valence-corrected chi connectivity index (χ0v) is 9.35. The molecule has 0 radical (unpaired) electrons. The molecule has 0 bridgehead atoms. The van der Waals surface area contributed by atoms with Crippen LogP contribution in [0.5, 0.6) is 5.75 Å². The van der Waals surface area contributed by atoms with Crippen LogP contribution in [-0.2, 0) is 13.0 Å². The van der Waals surface area contributed by atoms with Gasteiger partial charge in [-0.25, -0.2) is 0 Å². The van der Waals surface area contributed by atoms with Crippen molar-refractivity contribution in [3.8, 4) is 17.1 Å². The quantitative estimate of drug-likeness (QED) is 0.848. The van der Waals surface area contributed by atoms with Crippen molar-refractivity contribution in [2.24, 2.45) is 5.73 Å². The molecule has 1 aromatic heterocycles. The van der Waals surface area contributed by atoms with Crippen molar-refractivity contribution in [2.75, 3.05) is 6.61 Å². The van der Waals surface area contributed by atoms with Gasteiger partial charge >= 0.3 is 0 Å². The zero-order valence-electron chi connectivity index (χ0n) is 9.35. The van der Waals surface area contributed by atoms with Gasteiger partial charge in [0, 0.05) is 0 Å². The summed E-state index contributed by atoms with van der Waals surface area (Å²) in [7, 11) is 0. The monoisotopic (exact) mass is 231 g/mol. The van der Waals surface area contributed by atoms with Crippen molar-refractivity contribution in [1.29, 1.82) is 0 Å². The van der Waals surface area contributed by atoms with E-state index in [9.17, 15) is 0 Å². The summed E-state index contributed by atoms with van der Waals surface area (Å²) in [5.74, 6) is 1.86. The number of ether oxygens (including phenoxy) is 1. The van der Waals surface area contributed by atoms with Crippen LogP contribution in [0.15, 0.2) is 22.7 Å². The number of benzene rings is 1. The number of nitrogens with two attached hydrogens (primary N) is 1. The lowest BCUT2D eigenvalue weighted by molar-refractivity contribution is 0.289. The number of hydrogen-bond donors (Lipinski definition) is 1. The van der Waals surface area contributed by atoms with Crippen LogP contribution in [0.3, 0.4) is 0 Å². The molecule has 0 saturated heterocycles. The highest BCUT2D eigenvalue weighted by molar-refractivity contribution is 5.66. The minimum Gasteiger partial charge on any atom is -0.493 e. The molecule has 0 atom stereocenters. The fourth-order valence-corrected chi connectivity index (χ4v) is 2.01. The lowest BCUT2D eigenvalue weighted by Crippen LogP contribution is -2.09. The van der Waals surface area contributed by atoms with Gasteiger partial charge in [0.15, 0.2) is 0 Å². The molecule has 5 heteroatoms. The Kier molecular flexibility index (Phi) is 2.53. The van der Waals surface area contributed by atoms with Crippen LogP contribution in [0.4, 0.5) is 0 Å². The Morgan fingerprint density at radius 3 is 3.12 bits per heavy atom. The molecule has 2 heterocycles. The molecule has 0 fully saturated rings. The predicted octanol–water partition coefficient (Wildman–Crippen LogP) is 1.52. The summed E-state index contributed by atoms with van der Waals surface area (Å²) >= 11 is 0. The first kappa shape index (κ1) is 10.3. The Morgan fingerprint density at radius 1 is 1.35 bits per heavy atom. The van der Waals surface area contributed by atoms with Crippen LogP contribution in [0.1, 0.15) is 17.9 Å². The van der Waals surface area contributed by atoms with Crippen LogP contribution in [0.25, 0.3) is 11.4 Å². The second-order valence-electron chi connectivity index (χ2n) is 3.96. The summed E-state index contributed by atoms with van der Waals surface area (Å²) in [4.78, 5) is 4.22. The molecule has 1 aliphatic heterocycles. The molecular formula is C12H13N3O2. The minimum absolute atomic E-state index is 0.253. The van der Waals surface area contributed by atoms with Crippen molar-refractivity contribution in [2.45, 2.75) is 19.4 Å². The van der Waals surface area contributed by atoms with Crippen molar-refractivity contribution >= 4 is 0 Å². The second-order valence-corrected chi connectivity index (χ2v) is 3.96. The fourth-order valence-electron chi connectivity index (χ4n) is 2.01. The molecule has 0 saturated carbocycles. The summed E-state index contributed by atoms with van der Waals surface area (Å²) in [5.41, 5.74) is 7.53. The number of rotatable bonds is 2. The Labute approximate surface area is 98.6 Å². The Balaban J connectivity index is 2.07. The van der Waals surface area contributed by atoms with E-state index in [0.717, 1.165) is 30.8 Å². The van der Waals surface area contributed by atoms with Crippen LogP contribution >= 0.6 is 0 Å². The first-order valence-corrected chi connectivity index (χ1v) is 5.66. The highest BCUT2D eigenvalue weighted by Gasteiger charge is 2.18. The van der Waals surface area contributed by atoms with Crippen LogP contribution in [0.2, 0.25) is 0 Å². The standard InChI is InChI=1S/C12H13N3O2/c13-7-10-14-12(15-17-10)9-5-1-3-8-4-2-6-16-11(8)9/h1,3,5H,2,4,6-7,13H2. The maximum atomic E-state index is 5.70. The van der Waals surface area contributed by atoms with E-state index in [0.29, 0.717) is 11.7 Å². The molecule has 0 aliphatic carbocycles. The molecule has 17 heavy (non-hydrogen) atoms. The molecule has 1 aromatic carbocycles. The van der Waals surface area contributed by atoms with Gasteiger partial charge in [0.1, 0.15) is 5.75 Å². The Hall–Kier alpha value is -1.88. The summed E-state index contributed by atoms with van der Waals surface area (Å²) in [6.07, 6.45) is 2.08.